The number of amides is 1. The van der Waals surface area contributed by atoms with Crippen molar-refractivity contribution in [3.8, 4) is 5.75 Å². The van der Waals surface area contributed by atoms with Crippen LogP contribution in [-0.4, -0.2) is 35.9 Å². The Balaban J connectivity index is 2.03. The molecule has 1 aromatic carbocycles. The molecule has 8 heteroatoms. The number of halogens is 3. The molecule has 1 amide bonds. The summed E-state index contributed by atoms with van der Waals surface area (Å²) in [5.74, 6) is -0.572. The van der Waals surface area contributed by atoms with Crippen molar-refractivity contribution in [3.05, 3.63) is 54.0 Å². The van der Waals surface area contributed by atoms with Crippen LogP contribution in [0.4, 0.5) is 13.2 Å². The van der Waals surface area contributed by atoms with Crippen LogP contribution in [0.25, 0.3) is 0 Å². The highest BCUT2D eigenvalue weighted by Crippen LogP contribution is 2.19. The van der Waals surface area contributed by atoms with E-state index in [2.05, 4.69) is 0 Å². The fourth-order valence-electron chi connectivity index (χ4n) is 2.08. The predicted molar refractivity (Wildman–Crippen MR) is 82.1 cm³/mol. The highest BCUT2D eigenvalue weighted by Gasteiger charge is 2.33. The third-order valence-electron chi connectivity index (χ3n) is 3.25. The molecule has 0 unspecified atom stereocenters. The highest BCUT2D eigenvalue weighted by atomic mass is 19.4. The van der Waals surface area contributed by atoms with Gasteiger partial charge in [0, 0.05) is 5.56 Å². The Morgan fingerprint density at radius 2 is 1.96 bits per heavy atom. The number of ketones is 1. The van der Waals surface area contributed by atoms with Crippen LogP contribution in [0, 0.1) is 0 Å². The Morgan fingerprint density at radius 3 is 2.56 bits per heavy atom. The van der Waals surface area contributed by atoms with E-state index in [4.69, 9.17) is 9.15 Å². The molecule has 1 heterocycles. The van der Waals surface area contributed by atoms with Crippen LogP contribution in [0.15, 0.2) is 47.1 Å². The van der Waals surface area contributed by atoms with E-state index >= 15 is 0 Å². The number of hydrogen-bond acceptors (Lipinski definition) is 4. The Labute approximate surface area is 142 Å². The van der Waals surface area contributed by atoms with Crippen LogP contribution in [0.2, 0.25) is 0 Å². The molecule has 1 aromatic heterocycles. The molecule has 0 radical (unpaired) electrons. The van der Waals surface area contributed by atoms with E-state index in [0.717, 1.165) is 0 Å². The van der Waals surface area contributed by atoms with Gasteiger partial charge in [0.2, 0.25) is 0 Å². The second kappa shape index (κ2) is 7.87. The van der Waals surface area contributed by atoms with Crippen LogP contribution in [0.1, 0.15) is 23.0 Å². The lowest BCUT2D eigenvalue weighted by Crippen LogP contribution is -2.40. The van der Waals surface area contributed by atoms with Crippen LogP contribution >= 0.6 is 0 Å². The molecule has 0 atom stereocenters. The molecular formula is C17H16F3NO4. The SMILES string of the molecule is CC(=O)c1cccc(OCC(=O)N(Cc2ccco2)CC(F)(F)F)c1. The number of nitrogens with zero attached hydrogens (tertiary/aromatic N) is 1. The molecule has 0 N–H and O–H groups in total. The van der Waals surface area contributed by atoms with Crippen LogP contribution in [0.3, 0.4) is 0 Å². The Kier molecular flexibility index (Phi) is 5.84. The monoisotopic (exact) mass is 355 g/mol. The van der Waals surface area contributed by atoms with Gasteiger partial charge in [-0.2, -0.15) is 13.2 Å². The van der Waals surface area contributed by atoms with Crippen LogP contribution in [-0.2, 0) is 11.3 Å². The van der Waals surface area contributed by atoms with Gasteiger partial charge in [0.25, 0.3) is 5.91 Å². The maximum atomic E-state index is 12.7. The van der Waals surface area contributed by atoms with Crippen LogP contribution in [0.5, 0.6) is 5.75 Å². The molecule has 5 nitrogen and oxygen atoms in total. The van der Waals surface area contributed by atoms with Gasteiger partial charge in [0.05, 0.1) is 12.8 Å². The second-order valence-electron chi connectivity index (χ2n) is 5.32. The van der Waals surface area contributed by atoms with Gasteiger partial charge in [0.1, 0.15) is 18.1 Å². The summed E-state index contributed by atoms with van der Waals surface area (Å²) in [6.07, 6.45) is -3.23. The largest absolute Gasteiger partial charge is 0.484 e. The van der Waals surface area contributed by atoms with E-state index in [1.165, 1.54) is 37.5 Å². The molecule has 0 fully saturated rings. The number of hydrogen-bond donors (Lipinski definition) is 0. The van der Waals surface area contributed by atoms with E-state index in [9.17, 15) is 22.8 Å². The number of ether oxygens (including phenoxy) is 1. The first-order valence-corrected chi connectivity index (χ1v) is 7.35. The first kappa shape index (κ1) is 18.6. The van der Waals surface area contributed by atoms with E-state index < -0.39 is 25.2 Å². The highest BCUT2D eigenvalue weighted by molar-refractivity contribution is 5.94. The molecule has 0 saturated carbocycles. The minimum absolute atomic E-state index is 0.187. The number of Topliss-reactive ketones (excluding diaryl/α,β-unsaturated/α-hetero) is 1. The molecule has 2 aromatic rings. The molecule has 0 spiro atoms. The van der Waals surface area contributed by atoms with Gasteiger partial charge in [-0.15, -0.1) is 0 Å². The predicted octanol–water partition coefficient (Wildman–Crippen LogP) is 3.45. The Hall–Kier alpha value is -2.77. The summed E-state index contributed by atoms with van der Waals surface area (Å²) in [6, 6.07) is 9.08. The summed E-state index contributed by atoms with van der Waals surface area (Å²) in [5, 5.41) is 0. The average Bonchev–Trinajstić information content (AvgIpc) is 3.04. The van der Waals surface area contributed by atoms with Crippen molar-refractivity contribution in [2.24, 2.45) is 0 Å². The number of carbonyl (C=O) groups excluding carboxylic acids is 2. The van der Waals surface area contributed by atoms with Crippen molar-refractivity contribution in [1.82, 2.24) is 4.90 Å². The number of carbonyl (C=O) groups is 2. The molecule has 2 rings (SSSR count). The number of alkyl halides is 3. The molecule has 0 aliphatic carbocycles. The summed E-state index contributed by atoms with van der Waals surface area (Å²) in [7, 11) is 0. The number of rotatable bonds is 7. The first-order chi connectivity index (χ1) is 11.7. The van der Waals surface area contributed by atoms with Gasteiger partial charge in [-0.1, -0.05) is 12.1 Å². The standard InChI is InChI=1S/C17H16F3NO4/c1-12(22)13-4-2-5-14(8-13)25-10-16(23)21(11-17(18,19)20)9-15-6-3-7-24-15/h2-8H,9-11H2,1H3. The molecule has 134 valence electrons. The van der Waals surface area contributed by atoms with Gasteiger partial charge in [-0.05, 0) is 31.2 Å². The maximum Gasteiger partial charge on any atom is 0.406 e. The van der Waals surface area contributed by atoms with Crippen molar-refractivity contribution >= 4 is 11.7 Å². The van der Waals surface area contributed by atoms with E-state index in [1.54, 1.807) is 12.1 Å². The zero-order valence-electron chi connectivity index (χ0n) is 13.4. The van der Waals surface area contributed by atoms with Crippen LogP contribution < -0.4 is 4.74 Å². The van der Waals surface area contributed by atoms with Gasteiger partial charge >= 0.3 is 6.18 Å². The fraction of sp³-hybridized carbons (Fsp3) is 0.294. The third-order valence-corrected chi connectivity index (χ3v) is 3.25. The molecular weight excluding hydrogens is 339 g/mol. The molecule has 0 aliphatic heterocycles. The third kappa shape index (κ3) is 5.98. The summed E-state index contributed by atoms with van der Waals surface area (Å²) >= 11 is 0. The summed E-state index contributed by atoms with van der Waals surface area (Å²) in [5.41, 5.74) is 0.382. The van der Waals surface area contributed by atoms with Gasteiger partial charge < -0.3 is 14.1 Å². The van der Waals surface area contributed by atoms with Crippen molar-refractivity contribution in [1.29, 1.82) is 0 Å². The zero-order chi connectivity index (χ0) is 18.4. The van der Waals surface area contributed by atoms with E-state index in [-0.39, 0.29) is 23.8 Å². The smallest absolute Gasteiger partial charge is 0.406 e. The van der Waals surface area contributed by atoms with Gasteiger partial charge in [-0.25, -0.2) is 0 Å². The number of benzene rings is 1. The minimum Gasteiger partial charge on any atom is -0.484 e. The lowest BCUT2D eigenvalue weighted by atomic mass is 10.1. The quantitative estimate of drug-likeness (QED) is 0.714. The Morgan fingerprint density at radius 1 is 1.20 bits per heavy atom. The summed E-state index contributed by atoms with van der Waals surface area (Å²) in [4.78, 5) is 24.0. The summed E-state index contributed by atoms with van der Waals surface area (Å²) < 4.78 is 48.3. The van der Waals surface area contributed by atoms with E-state index in [0.29, 0.717) is 10.5 Å². The summed E-state index contributed by atoms with van der Waals surface area (Å²) in [6.45, 7) is -0.942. The Bertz CT molecular complexity index is 726. The molecule has 0 aliphatic rings. The minimum atomic E-state index is -4.54. The second-order valence-corrected chi connectivity index (χ2v) is 5.32. The van der Waals surface area contributed by atoms with Crippen molar-refractivity contribution < 1.29 is 31.9 Å². The van der Waals surface area contributed by atoms with Gasteiger partial charge in [-0.3, -0.25) is 9.59 Å². The van der Waals surface area contributed by atoms with Crippen molar-refractivity contribution in [3.63, 3.8) is 0 Å². The normalized spacial score (nSPS) is 11.2. The first-order valence-electron chi connectivity index (χ1n) is 7.35. The number of furan rings is 1. The molecule has 0 bridgehead atoms. The average molecular weight is 355 g/mol. The lowest BCUT2D eigenvalue weighted by Gasteiger charge is -2.23. The zero-order valence-corrected chi connectivity index (χ0v) is 13.4. The van der Waals surface area contributed by atoms with Crippen molar-refractivity contribution in [2.75, 3.05) is 13.2 Å². The fourth-order valence-corrected chi connectivity index (χ4v) is 2.08. The molecule has 0 saturated heterocycles. The maximum absolute atomic E-state index is 12.7. The molecule has 25 heavy (non-hydrogen) atoms. The van der Waals surface area contributed by atoms with Crippen molar-refractivity contribution in [2.45, 2.75) is 19.6 Å². The van der Waals surface area contributed by atoms with Gasteiger partial charge in [0.15, 0.2) is 12.4 Å². The van der Waals surface area contributed by atoms with E-state index in [1.807, 2.05) is 0 Å². The lowest BCUT2D eigenvalue weighted by molar-refractivity contribution is -0.164. The topological polar surface area (TPSA) is 59.8 Å².